The van der Waals surface area contributed by atoms with Gasteiger partial charge in [0.1, 0.15) is 5.75 Å². The third-order valence-electron chi connectivity index (χ3n) is 4.84. The van der Waals surface area contributed by atoms with Crippen molar-refractivity contribution < 1.29 is 14.3 Å². The molecule has 0 atom stereocenters. The number of ether oxygens (including phenoxy) is 1. The summed E-state index contributed by atoms with van der Waals surface area (Å²) in [6.45, 7) is 8.88. The van der Waals surface area contributed by atoms with Gasteiger partial charge in [0.2, 0.25) is 5.91 Å². The molecule has 2 aromatic rings. The number of nitrogens with one attached hydrogen (secondary N) is 1. The van der Waals surface area contributed by atoms with Gasteiger partial charge in [-0.1, -0.05) is 17.7 Å². The van der Waals surface area contributed by atoms with E-state index in [0.29, 0.717) is 38.3 Å². The number of aryl methyl sites for hydroxylation is 1. The highest BCUT2D eigenvalue weighted by molar-refractivity contribution is 5.94. The number of piperazine rings is 1. The van der Waals surface area contributed by atoms with E-state index in [0.717, 1.165) is 17.0 Å². The topological polar surface area (TPSA) is 61.9 Å². The van der Waals surface area contributed by atoms with E-state index in [-0.39, 0.29) is 17.9 Å². The molecule has 0 aromatic heterocycles. The van der Waals surface area contributed by atoms with E-state index in [1.807, 2.05) is 62.1 Å². The molecule has 0 bridgehead atoms. The van der Waals surface area contributed by atoms with Crippen LogP contribution in [0.25, 0.3) is 0 Å². The van der Waals surface area contributed by atoms with Crippen LogP contribution in [0.5, 0.6) is 5.75 Å². The smallest absolute Gasteiger partial charge is 0.253 e. The van der Waals surface area contributed by atoms with E-state index in [1.54, 1.807) is 12.1 Å². The third kappa shape index (κ3) is 6.06. The first-order chi connectivity index (χ1) is 13.9. The monoisotopic (exact) mass is 395 g/mol. The Morgan fingerprint density at radius 2 is 1.59 bits per heavy atom. The zero-order valence-electron chi connectivity index (χ0n) is 17.4. The lowest BCUT2D eigenvalue weighted by Crippen LogP contribution is -2.50. The number of hydrogen-bond acceptors (Lipinski definition) is 4. The second-order valence-corrected chi connectivity index (χ2v) is 7.67. The normalized spacial score (nSPS) is 14.7. The SMILES string of the molecule is Cc1ccc(NC(=O)CN2CCN(C(=O)c3ccc(OC(C)C)cc3)CC2)cc1. The molecule has 1 saturated heterocycles. The first-order valence-electron chi connectivity index (χ1n) is 10.1. The molecule has 0 radical (unpaired) electrons. The van der Waals surface area contributed by atoms with E-state index in [1.165, 1.54) is 0 Å². The van der Waals surface area contributed by atoms with Crippen molar-refractivity contribution in [2.24, 2.45) is 0 Å². The average molecular weight is 396 g/mol. The summed E-state index contributed by atoms with van der Waals surface area (Å²) in [5.74, 6) is 0.750. The van der Waals surface area contributed by atoms with Gasteiger partial charge in [-0.25, -0.2) is 0 Å². The molecule has 6 nitrogen and oxygen atoms in total. The summed E-state index contributed by atoms with van der Waals surface area (Å²) in [5, 5.41) is 2.92. The van der Waals surface area contributed by atoms with Crippen molar-refractivity contribution in [2.45, 2.75) is 26.9 Å². The highest BCUT2D eigenvalue weighted by atomic mass is 16.5. The van der Waals surface area contributed by atoms with Crippen LogP contribution in [0.1, 0.15) is 29.8 Å². The molecule has 6 heteroatoms. The van der Waals surface area contributed by atoms with Crippen LogP contribution in [0.3, 0.4) is 0 Å². The summed E-state index contributed by atoms with van der Waals surface area (Å²) in [4.78, 5) is 28.9. The van der Waals surface area contributed by atoms with Gasteiger partial charge in [-0.05, 0) is 57.2 Å². The van der Waals surface area contributed by atoms with Crippen molar-refractivity contribution in [3.05, 3.63) is 59.7 Å². The molecule has 1 heterocycles. The fraction of sp³-hybridized carbons (Fsp3) is 0.391. The fourth-order valence-electron chi connectivity index (χ4n) is 3.28. The van der Waals surface area contributed by atoms with Crippen molar-refractivity contribution >= 4 is 17.5 Å². The van der Waals surface area contributed by atoms with Crippen molar-refractivity contribution in [3.8, 4) is 5.75 Å². The van der Waals surface area contributed by atoms with E-state index < -0.39 is 0 Å². The lowest BCUT2D eigenvalue weighted by Gasteiger charge is -2.34. The van der Waals surface area contributed by atoms with E-state index in [2.05, 4.69) is 10.2 Å². The molecule has 2 aromatic carbocycles. The summed E-state index contributed by atoms with van der Waals surface area (Å²) in [6, 6.07) is 15.0. The van der Waals surface area contributed by atoms with Gasteiger partial charge in [0, 0.05) is 37.4 Å². The summed E-state index contributed by atoms with van der Waals surface area (Å²) in [7, 11) is 0. The molecule has 0 unspecified atom stereocenters. The minimum atomic E-state index is -0.0330. The number of amides is 2. The second-order valence-electron chi connectivity index (χ2n) is 7.67. The quantitative estimate of drug-likeness (QED) is 0.816. The zero-order valence-corrected chi connectivity index (χ0v) is 17.4. The molecule has 1 N–H and O–H groups in total. The number of nitrogens with zero attached hydrogens (tertiary/aromatic N) is 2. The van der Waals surface area contributed by atoms with Gasteiger partial charge in [0.05, 0.1) is 12.6 Å². The Labute approximate surface area is 172 Å². The Bertz CT molecular complexity index is 823. The van der Waals surface area contributed by atoms with Gasteiger partial charge in [-0.2, -0.15) is 0 Å². The van der Waals surface area contributed by atoms with Gasteiger partial charge in [0.25, 0.3) is 5.91 Å². The van der Waals surface area contributed by atoms with E-state index >= 15 is 0 Å². The van der Waals surface area contributed by atoms with Gasteiger partial charge < -0.3 is 15.0 Å². The maximum atomic E-state index is 12.7. The number of rotatable bonds is 6. The molecule has 0 spiro atoms. The predicted molar refractivity (Wildman–Crippen MR) is 114 cm³/mol. The first kappa shape index (κ1) is 20.9. The Morgan fingerprint density at radius 3 is 2.17 bits per heavy atom. The van der Waals surface area contributed by atoms with Crippen LogP contribution in [0, 0.1) is 6.92 Å². The molecule has 1 aliphatic heterocycles. The van der Waals surface area contributed by atoms with Crippen LogP contribution in [0.4, 0.5) is 5.69 Å². The van der Waals surface area contributed by atoms with Crippen LogP contribution in [0.15, 0.2) is 48.5 Å². The number of hydrogen-bond donors (Lipinski definition) is 1. The van der Waals surface area contributed by atoms with E-state index in [4.69, 9.17) is 4.74 Å². The molecule has 0 aliphatic carbocycles. The average Bonchev–Trinajstić information content (AvgIpc) is 2.70. The van der Waals surface area contributed by atoms with Gasteiger partial charge >= 0.3 is 0 Å². The Hall–Kier alpha value is -2.86. The molecule has 3 rings (SSSR count). The van der Waals surface area contributed by atoms with Crippen molar-refractivity contribution in [2.75, 3.05) is 38.0 Å². The molecule has 2 amide bonds. The van der Waals surface area contributed by atoms with Crippen LogP contribution < -0.4 is 10.1 Å². The van der Waals surface area contributed by atoms with Gasteiger partial charge in [-0.3, -0.25) is 14.5 Å². The Morgan fingerprint density at radius 1 is 0.966 bits per heavy atom. The molecule has 1 aliphatic rings. The minimum absolute atomic E-state index is 0.0184. The predicted octanol–water partition coefficient (Wildman–Crippen LogP) is 3.18. The van der Waals surface area contributed by atoms with E-state index in [9.17, 15) is 9.59 Å². The standard InChI is InChI=1S/C23H29N3O3/c1-17(2)29-21-10-6-19(7-11-21)23(28)26-14-12-25(13-15-26)16-22(27)24-20-8-4-18(3)5-9-20/h4-11,17H,12-16H2,1-3H3,(H,24,27). The molecule has 29 heavy (non-hydrogen) atoms. The molecule has 1 fully saturated rings. The van der Waals surface area contributed by atoms with Gasteiger partial charge in [-0.15, -0.1) is 0 Å². The first-order valence-corrected chi connectivity index (χ1v) is 10.1. The third-order valence-corrected chi connectivity index (χ3v) is 4.84. The van der Waals surface area contributed by atoms with Crippen LogP contribution in [-0.4, -0.2) is 60.4 Å². The molecule has 0 saturated carbocycles. The summed E-state index contributed by atoms with van der Waals surface area (Å²) in [5.41, 5.74) is 2.62. The van der Waals surface area contributed by atoms with Crippen molar-refractivity contribution in [1.29, 1.82) is 0 Å². The largest absolute Gasteiger partial charge is 0.491 e. The Balaban J connectivity index is 1.46. The lowest BCUT2D eigenvalue weighted by atomic mass is 10.1. The van der Waals surface area contributed by atoms with Crippen molar-refractivity contribution in [3.63, 3.8) is 0 Å². The molecule has 154 valence electrons. The van der Waals surface area contributed by atoms with Crippen LogP contribution >= 0.6 is 0 Å². The second kappa shape index (κ2) is 9.56. The maximum Gasteiger partial charge on any atom is 0.253 e. The molecular formula is C23H29N3O3. The number of anilines is 1. The minimum Gasteiger partial charge on any atom is -0.491 e. The molecular weight excluding hydrogens is 366 g/mol. The Kier molecular flexibility index (Phi) is 6.88. The van der Waals surface area contributed by atoms with Gasteiger partial charge in [0.15, 0.2) is 0 Å². The summed E-state index contributed by atoms with van der Waals surface area (Å²) in [6.07, 6.45) is 0.104. The van der Waals surface area contributed by atoms with Crippen molar-refractivity contribution in [1.82, 2.24) is 9.80 Å². The highest BCUT2D eigenvalue weighted by Crippen LogP contribution is 2.16. The lowest BCUT2D eigenvalue weighted by molar-refractivity contribution is -0.117. The summed E-state index contributed by atoms with van der Waals surface area (Å²) < 4.78 is 5.62. The number of carbonyl (C=O) groups excluding carboxylic acids is 2. The fourth-order valence-corrected chi connectivity index (χ4v) is 3.28. The maximum absolute atomic E-state index is 12.7. The zero-order chi connectivity index (χ0) is 20.8. The number of benzene rings is 2. The highest BCUT2D eigenvalue weighted by Gasteiger charge is 2.23. The van der Waals surface area contributed by atoms with Crippen LogP contribution in [0.2, 0.25) is 0 Å². The summed E-state index contributed by atoms with van der Waals surface area (Å²) >= 11 is 0. The van der Waals surface area contributed by atoms with Crippen LogP contribution in [-0.2, 0) is 4.79 Å². The number of carbonyl (C=O) groups is 2.